The van der Waals surface area contributed by atoms with Crippen molar-refractivity contribution in [1.29, 1.82) is 0 Å². The number of nitrogens with one attached hydrogen (secondary N) is 1. The molecule has 6 nitrogen and oxygen atoms in total. The SMILES string of the molecule is COc1ccc(NC(=O)C2(CN)COC2)c(OC)c1. The molecular weight excluding hydrogens is 248 g/mol. The number of methoxy groups -OCH3 is 2. The van der Waals surface area contributed by atoms with Crippen molar-refractivity contribution in [2.75, 3.05) is 39.3 Å². The van der Waals surface area contributed by atoms with Gasteiger partial charge in [-0.25, -0.2) is 0 Å². The minimum Gasteiger partial charge on any atom is -0.497 e. The summed E-state index contributed by atoms with van der Waals surface area (Å²) in [4.78, 5) is 12.2. The van der Waals surface area contributed by atoms with Crippen LogP contribution in [0, 0.1) is 5.41 Å². The Hall–Kier alpha value is -1.79. The van der Waals surface area contributed by atoms with Crippen molar-refractivity contribution in [2.45, 2.75) is 0 Å². The number of ether oxygens (including phenoxy) is 3. The molecule has 0 aromatic heterocycles. The quantitative estimate of drug-likeness (QED) is 0.816. The maximum absolute atomic E-state index is 12.2. The zero-order valence-corrected chi connectivity index (χ0v) is 11.1. The van der Waals surface area contributed by atoms with Crippen LogP contribution in [-0.2, 0) is 9.53 Å². The molecule has 104 valence electrons. The van der Waals surface area contributed by atoms with Crippen LogP contribution in [0.25, 0.3) is 0 Å². The summed E-state index contributed by atoms with van der Waals surface area (Å²) in [6, 6.07) is 5.20. The summed E-state index contributed by atoms with van der Waals surface area (Å²) in [5, 5.41) is 2.83. The fraction of sp³-hybridized carbons (Fsp3) is 0.462. The minimum absolute atomic E-state index is 0.148. The lowest BCUT2D eigenvalue weighted by Crippen LogP contribution is -2.56. The van der Waals surface area contributed by atoms with Crippen molar-refractivity contribution in [2.24, 2.45) is 11.1 Å². The number of hydrogen-bond acceptors (Lipinski definition) is 5. The second-order valence-corrected chi connectivity index (χ2v) is 4.50. The van der Waals surface area contributed by atoms with Crippen LogP contribution in [0.3, 0.4) is 0 Å². The van der Waals surface area contributed by atoms with E-state index in [1.165, 1.54) is 7.11 Å². The lowest BCUT2D eigenvalue weighted by atomic mass is 9.85. The lowest BCUT2D eigenvalue weighted by Gasteiger charge is -2.38. The van der Waals surface area contributed by atoms with E-state index < -0.39 is 5.41 Å². The molecule has 1 heterocycles. The molecule has 0 spiro atoms. The zero-order valence-electron chi connectivity index (χ0n) is 11.1. The summed E-state index contributed by atoms with van der Waals surface area (Å²) in [5.41, 5.74) is 5.62. The molecule has 0 saturated carbocycles. The molecule has 1 amide bonds. The van der Waals surface area contributed by atoms with E-state index in [1.54, 1.807) is 25.3 Å². The minimum atomic E-state index is -0.620. The predicted molar refractivity (Wildman–Crippen MR) is 70.5 cm³/mol. The summed E-state index contributed by atoms with van der Waals surface area (Å²) in [6.45, 7) is 0.971. The van der Waals surface area contributed by atoms with Crippen LogP contribution in [-0.4, -0.2) is 39.9 Å². The van der Waals surface area contributed by atoms with Crippen molar-refractivity contribution < 1.29 is 19.0 Å². The van der Waals surface area contributed by atoms with Crippen molar-refractivity contribution in [3.63, 3.8) is 0 Å². The van der Waals surface area contributed by atoms with Gasteiger partial charge in [-0.1, -0.05) is 0 Å². The van der Waals surface area contributed by atoms with Crippen LogP contribution in [0.15, 0.2) is 18.2 Å². The molecule has 1 aliphatic rings. The van der Waals surface area contributed by atoms with Crippen LogP contribution in [0.1, 0.15) is 0 Å². The number of benzene rings is 1. The summed E-state index contributed by atoms with van der Waals surface area (Å²) < 4.78 is 15.4. The molecule has 1 saturated heterocycles. The largest absolute Gasteiger partial charge is 0.497 e. The number of carbonyl (C=O) groups is 1. The first-order chi connectivity index (χ1) is 9.15. The zero-order chi connectivity index (χ0) is 13.9. The highest BCUT2D eigenvalue weighted by molar-refractivity contribution is 5.97. The van der Waals surface area contributed by atoms with Gasteiger partial charge in [0, 0.05) is 12.6 Å². The first-order valence-corrected chi connectivity index (χ1v) is 5.96. The lowest BCUT2D eigenvalue weighted by molar-refractivity contribution is -0.153. The Morgan fingerprint density at radius 2 is 2.16 bits per heavy atom. The van der Waals surface area contributed by atoms with E-state index in [1.807, 2.05) is 0 Å². The van der Waals surface area contributed by atoms with Gasteiger partial charge in [-0.05, 0) is 12.1 Å². The molecule has 6 heteroatoms. The van der Waals surface area contributed by atoms with Crippen molar-refractivity contribution in [3.05, 3.63) is 18.2 Å². The third-order valence-corrected chi connectivity index (χ3v) is 3.29. The van der Waals surface area contributed by atoms with E-state index in [9.17, 15) is 4.79 Å². The van der Waals surface area contributed by atoms with Gasteiger partial charge in [0.1, 0.15) is 16.9 Å². The Balaban J connectivity index is 2.16. The van der Waals surface area contributed by atoms with Crippen LogP contribution in [0.4, 0.5) is 5.69 Å². The molecule has 0 bridgehead atoms. The molecular formula is C13H18N2O4. The molecule has 1 aliphatic heterocycles. The maximum atomic E-state index is 12.2. The molecule has 0 atom stereocenters. The van der Waals surface area contributed by atoms with Crippen molar-refractivity contribution >= 4 is 11.6 Å². The van der Waals surface area contributed by atoms with Gasteiger partial charge >= 0.3 is 0 Å². The number of hydrogen-bond donors (Lipinski definition) is 2. The second-order valence-electron chi connectivity index (χ2n) is 4.50. The van der Waals surface area contributed by atoms with Crippen LogP contribution in [0.5, 0.6) is 11.5 Å². The topological polar surface area (TPSA) is 82.8 Å². The second kappa shape index (κ2) is 5.46. The Morgan fingerprint density at radius 3 is 2.63 bits per heavy atom. The van der Waals surface area contributed by atoms with Crippen LogP contribution in [0.2, 0.25) is 0 Å². The first kappa shape index (κ1) is 13.6. The summed E-state index contributed by atoms with van der Waals surface area (Å²) in [6.07, 6.45) is 0. The number of anilines is 1. The molecule has 2 rings (SSSR count). The van der Waals surface area contributed by atoms with E-state index in [4.69, 9.17) is 19.9 Å². The monoisotopic (exact) mass is 266 g/mol. The van der Waals surface area contributed by atoms with Crippen LogP contribution >= 0.6 is 0 Å². The first-order valence-electron chi connectivity index (χ1n) is 5.96. The van der Waals surface area contributed by atoms with Gasteiger partial charge in [-0.3, -0.25) is 4.79 Å². The van der Waals surface area contributed by atoms with Gasteiger partial charge in [0.15, 0.2) is 0 Å². The van der Waals surface area contributed by atoms with Gasteiger partial charge in [-0.2, -0.15) is 0 Å². The highest BCUT2D eigenvalue weighted by atomic mass is 16.5. The predicted octanol–water partition coefficient (Wildman–Crippen LogP) is 0.618. The maximum Gasteiger partial charge on any atom is 0.236 e. The van der Waals surface area contributed by atoms with Crippen molar-refractivity contribution in [1.82, 2.24) is 0 Å². The van der Waals surface area contributed by atoms with Gasteiger partial charge in [0.05, 0.1) is 33.1 Å². The average Bonchev–Trinajstić information content (AvgIpc) is 2.38. The Bertz CT molecular complexity index is 466. The van der Waals surface area contributed by atoms with E-state index in [0.717, 1.165) is 0 Å². The normalized spacial score (nSPS) is 16.4. The summed E-state index contributed by atoms with van der Waals surface area (Å²) >= 11 is 0. The smallest absolute Gasteiger partial charge is 0.236 e. The summed E-state index contributed by atoms with van der Waals surface area (Å²) in [7, 11) is 3.11. The molecule has 0 radical (unpaired) electrons. The Labute approximate surface area is 111 Å². The van der Waals surface area contributed by atoms with Gasteiger partial charge < -0.3 is 25.3 Å². The fourth-order valence-electron chi connectivity index (χ4n) is 1.85. The molecule has 0 unspecified atom stereocenters. The Morgan fingerprint density at radius 1 is 1.42 bits per heavy atom. The third kappa shape index (κ3) is 2.50. The van der Waals surface area contributed by atoms with Gasteiger partial charge in [0.2, 0.25) is 5.91 Å². The molecule has 1 aromatic carbocycles. The molecule has 1 fully saturated rings. The van der Waals surface area contributed by atoms with E-state index in [2.05, 4.69) is 5.32 Å². The van der Waals surface area contributed by atoms with Gasteiger partial charge in [0.25, 0.3) is 0 Å². The highest BCUT2D eigenvalue weighted by Gasteiger charge is 2.44. The molecule has 19 heavy (non-hydrogen) atoms. The number of amides is 1. The summed E-state index contributed by atoms with van der Waals surface area (Å²) in [5.74, 6) is 1.06. The van der Waals surface area contributed by atoms with E-state index in [-0.39, 0.29) is 12.5 Å². The van der Waals surface area contributed by atoms with E-state index >= 15 is 0 Å². The van der Waals surface area contributed by atoms with E-state index in [0.29, 0.717) is 30.4 Å². The van der Waals surface area contributed by atoms with Gasteiger partial charge in [-0.15, -0.1) is 0 Å². The fourth-order valence-corrected chi connectivity index (χ4v) is 1.85. The average molecular weight is 266 g/mol. The molecule has 1 aromatic rings. The molecule has 0 aliphatic carbocycles. The number of rotatable bonds is 5. The molecule has 3 N–H and O–H groups in total. The van der Waals surface area contributed by atoms with Crippen molar-refractivity contribution in [3.8, 4) is 11.5 Å². The standard InChI is InChI=1S/C13H18N2O4/c1-17-9-3-4-10(11(5-9)18-2)15-12(16)13(6-14)7-19-8-13/h3-5H,6-8,14H2,1-2H3,(H,15,16). The number of carbonyl (C=O) groups excluding carboxylic acids is 1. The number of nitrogens with two attached hydrogens (primary N) is 1. The third-order valence-electron chi connectivity index (χ3n) is 3.29. The van der Waals surface area contributed by atoms with Crippen LogP contribution < -0.4 is 20.5 Å². The highest BCUT2D eigenvalue weighted by Crippen LogP contribution is 2.32. The Kier molecular flexibility index (Phi) is 3.92.